The highest BCUT2D eigenvalue weighted by Gasteiger charge is 2.54. The Morgan fingerprint density at radius 1 is 0.431 bits per heavy atom. The lowest BCUT2D eigenvalue weighted by Crippen LogP contribution is -2.70. The minimum Gasteiger partial charge on any atom is -0.394 e. The van der Waals surface area contributed by atoms with Crippen molar-refractivity contribution in [3.63, 3.8) is 0 Å². The Balaban J connectivity index is 1.47. The molecule has 4 aliphatic rings. The molecule has 0 bridgehead atoms. The van der Waals surface area contributed by atoms with Gasteiger partial charge in [0.2, 0.25) is 0 Å². The Hall–Kier alpha value is -0.920. The summed E-state index contributed by atoms with van der Waals surface area (Å²) < 4.78 is 51.1. The molecule has 0 amide bonds. The third kappa shape index (κ3) is 9.85. The monoisotopic (exact) mass is 750 g/mol. The van der Waals surface area contributed by atoms with Crippen LogP contribution in [0.1, 0.15) is 0 Å². The van der Waals surface area contributed by atoms with Crippen LogP contribution in [0.3, 0.4) is 0 Å². The van der Waals surface area contributed by atoms with Crippen LogP contribution in [0.15, 0.2) is 0 Å². The highest BCUT2D eigenvalue weighted by molar-refractivity contribution is 5.00. The SMILES string of the molecule is NC1[C@H](O[C@@H]2C(CO)O[C@@H](O[C@@H]3C(COCCO)O[C@@H](O[C@@H]4C(CO)O[C@@H](O)C(N)[C@H]4O)C(N)[C@H]3O)C(N)[C@H]2O)OC(COCCO)[C@@H](O)[C@@H]1O. The molecule has 0 aromatic rings. The Bertz CT molecular complexity index is 1030. The van der Waals surface area contributed by atoms with Crippen molar-refractivity contribution in [3.05, 3.63) is 0 Å². The fraction of sp³-hybridized carbons (Fsp3) is 1.00. The molecule has 4 aliphatic heterocycles. The van der Waals surface area contributed by atoms with Gasteiger partial charge in [0.15, 0.2) is 25.2 Å². The number of aliphatic hydroxyl groups excluding tert-OH is 10. The molecule has 0 aromatic heterocycles. The van der Waals surface area contributed by atoms with Crippen molar-refractivity contribution in [2.45, 2.75) is 123 Å². The highest BCUT2D eigenvalue weighted by Crippen LogP contribution is 2.33. The van der Waals surface area contributed by atoms with Gasteiger partial charge in [0.05, 0.1) is 77.0 Å². The molecule has 300 valence electrons. The second-order valence-electron chi connectivity index (χ2n) is 12.7. The Morgan fingerprint density at radius 2 is 0.804 bits per heavy atom. The lowest BCUT2D eigenvalue weighted by atomic mass is 9.94. The van der Waals surface area contributed by atoms with E-state index in [1.165, 1.54) is 0 Å². The van der Waals surface area contributed by atoms with E-state index < -0.39 is 136 Å². The van der Waals surface area contributed by atoms with Crippen LogP contribution in [0, 0.1) is 0 Å². The molecule has 0 saturated carbocycles. The van der Waals surface area contributed by atoms with Gasteiger partial charge in [-0.2, -0.15) is 0 Å². The van der Waals surface area contributed by atoms with Crippen molar-refractivity contribution < 1.29 is 93.7 Å². The van der Waals surface area contributed by atoms with E-state index in [1.54, 1.807) is 0 Å². The van der Waals surface area contributed by atoms with Gasteiger partial charge in [-0.1, -0.05) is 0 Å². The zero-order valence-corrected chi connectivity index (χ0v) is 27.7. The van der Waals surface area contributed by atoms with Crippen LogP contribution in [0.4, 0.5) is 0 Å². The molecule has 23 nitrogen and oxygen atoms in total. The van der Waals surface area contributed by atoms with E-state index in [-0.39, 0.29) is 39.6 Å². The molecule has 4 heterocycles. The van der Waals surface area contributed by atoms with Gasteiger partial charge >= 0.3 is 0 Å². The quantitative estimate of drug-likeness (QED) is 0.0651. The van der Waals surface area contributed by atoms with Gasteiger partial charge in [0, 0.05) is 0 Å². The summed E-state index contributed by atoms with van der Waals surface area (Å²) in [6, 6.07) is -5.49. The maximum atomic E-state index is 11.3. The van der Waals surface area contributed by atoms with Crippen molar-refractivity contribution in [2.75, 3.05) is 52.9 Å². The topological polar surface area (TPSA) is 389 Å². The van der Waals surface area contributed by atoms with E-state index in [1.807, 2.05) is 0 Å². The van der Waals surface area contributed by atoms with Gasteiger partial charge in [-0.05, 0) is 0 Å². The summed E-state index contributed by atoms with van der Waals surface area (Å²) >= 11 is 0. The number of rotatable bonds is 16. The lowest BCUT2D eigenvalue weighted by Gasteiger charge is -2.49. The first-order valence-corrected chi connectivity index (χ1v) is 16.6. The molecular formula is C28H54N4O19. The molecule has 20 atom stereocenters. The molecule has 0 spiro atoms. The standard InChI is InChI=1S/C28H54N4O19/c29-13-19(39)22(9(5-35)45-25(13)42)49-28-16(32)21(41)24(12(48-28)8-44-4-2-34)51-27-15(31)20(40)23(10(6-36)46-27)50-26-14(30)18(38)17(37)11(47-26)7-43-3-1-33/h9-28,33-42H,1-8,29-32H2/t9?,10?,11?,12?,13?,14?,15?,16?,17-,18-,19-,20-,21-,22-,23-,24-,25-,26+,27+,28+/m1/s1. The average molecular weight is 751 g/mol. The molecule has 0 aromatic carbocycles. The predicted molar refractivity (Wildman–Crippen MR) is 163 cm³/mol. The van der Waals surface area contributed by atoms with Crippen LogP contribution in [0.2, 0.25) is 0 Å². The fourth-order valence-corrected chi connectivity index (χ4v) is 6.22. The second kappa shape index (κ2) is 19.6. The second-order valence-corrected chi connectivity index (χ2v) is 12.7. The van der Waals surface area contributed by atoms with Crippen molar-refractivity contribution in [3.8, 4) is 0 Å². The molecule has 4 fully saturated rings. The average Bonchev–Trinajstić information content (AvgIpc) is 3.12. The summed E-state index contributed by atoms with van der Waals surface area (Å²) in [5.41, 5.74) is 24.4. The lowest BCUT2D eigenvalue weighted by molar-refractivity contribution is -0.359. The van der Waals surface area contributed by atoms with E-state index >= 15 is 0 Å². The van der Waals surface area contributed by atoms with Crippen LogP contribution in [0.5, 0.6) is 0 Å². The van der Waals surface area contributed by atoms with E-state index in [4.69, 9.17) is 70.7 Å². The van der Waals surface area contributed by atoms with Crippen molar-refractivity contribution >= 4 is 0 Å². The number of ether oxygens (including phenoxy) is 9. The molecule has 51 heavy (non-hydrogen) atoms. The number of aliphatic hydroxyl groups is 10. The summed E-state index contributed by atoms with van der Waals surface area (Å²) in [6.45, 7) is -2.92. The van der Waals surface area contributed by atoms with Gasteiger partial charge in [0.1, 0.15) is 73.2 Å². The molecule has 0 aliphatic carbocycles. The summed E-state index contributed by atoms with van der Waals surface area (Å²) in [4.78, 5) is 0. The Labute approximate surface area is 292 Å². The van der Waals surface area contributed by atoms with Gasteiger partial charge < -0.3 is 117 Å². The van der Waals surface area contributed by atoms with Crippen LogP contribution in [0.25, 0.3) is 0 Å². The van der Waals surface area contributed by atoms with E-state index in [2.05, 4.69) is 0 Å². The van der Waals surface area contributed by atoms with Gasteiger partial charge in [-0.25, -0.2) is 0 Å². The van der Waals surface area contributed by atoms with E-state index in [0.29, 0.717) is 0 Å². The van der Waals surface area contributed by atoms with Crippen LogP contribution in [-0.2, 0) is 42.6 Å². The third-order valence-corrected chi connectivity index (χ3v) is 9.20. The maximum Gasteiger partial charge on any atom is 0.176 e. The van der Waals surface area contributed by atoms with Gasteiger partial charge in [-0.3, -0.25) is 0 Å². The highest BCUT2D eigenvalue weighted by atomic mass is 16.8. The number of hydrogen-bond donors (Lipinski definition) is 14. The van der Waals surface area contributed by atoms with Crippen molar-refractivity contribution in [1.29, 1.82) is 0 Å². The first-order chi connectivity index (χ1) is 24.3. The summed E-state index contributed by atoms with van der Waals surface area (Å²) in [5, 5.41) is 102. The van der Waals surface area contributed by atoms with Gasteiger partial charge in [-0.15, -0.1) is 0 Å². The zero-order chi connectivity index (χ0) is 37.6. The number of nitrogens with two attached hydrogens (primary N) is 4. The summed E-state index contributed by atoms with van der Waals surface area (Å²) in [7, 11) is 0. The minimum atomic E-state index is -1.65. The Morgan fingerprint density at radius 3 is 1.27 bits per heavy atom. The van der Waals surface area contributed by atoms with Crippen molar-refractivity contribution in [2.24, 2.45) is 22.9 Å². The predicted octanol–water partition coefficient (Wildman–Crippen LogP) is -9.85. The molecule has 0 radical (unpaired) electrons. The van der Waals surface area contributed by atoms with Gasteiger partial charge in [0.25, 0.3) is 0 Å². The largest absolute Gasteiger partial charge is 0.394 e. The maximum absolute atomic E-state index is 11.3. The van der Waals surface area contributed by atoms with Crippen LogP contribution in [-0.4, -0.2) is 226 Å². The molecular weight excluding hydrogens is 696 g/mol. The molecule has 8 unspecified atom stereocenters. The van der Waals surface area contributed by atoms with E-state index in [0.717, 1.165) is 0 Å². The molecule has 4 rings (SSSR count). The summed E-state index contributed by atoms with van der Waals surface area (Å²) in [6.07, 6.45) is -23.2. The zero-order valence-electron chi connectivity index (χ0n) is 27.7. The smallest absolute Gasteiger partial charge is 0.176 e. The normalized spacial score (nSPS) is 48.1. The van der Waals surface area contributed by atoms with Crippen LogP contribution >= 0.6 is 0 Å². The fourth-order valence-electron chi connectivity index (χ4n) is 6.22. The minimum absolute atomic E-state index is 0.0749. The third-order valence-electron chi connectivity index (χ3n) is 9.20. The van der Waals surface area contributed by atoms with Crippen molar-refractivity contribution in [1.82, 2.24) is 0 Å². The summed E-state index contributed by atoms with van der Waals surface area (Å²) in [5.74, 6) is 0. The first-order valence-electron chi connectivity index (χ1n) is 16.6. The van der Waals surface area contributed by atoms with E-state index in [9.17, 15) is 46.0 Å². The molecule has 18 N–H and O–H groups in total. The molecule has 23 heteroatoms. The Kier molecular flexibility index (Phi) is 16.5. The number of hydrogen-bond acceptors (Lipinski definition) is 23. The first kappa shape index (κ1) is 42.8. The molecule has 4 saturated heterocycles. The van der Waals surface area contributed by atoms with Crippen LogP contribution < -0.4 is 22.9 Å².